The van der Waals surface area contributed by atoms with Gasteiger partial charge < -0.3 is 9.47 Å². The van der Waals surface area contributed by atoms with Gasteiger partial charge in [-0.1, -0.05) is 29.3 Å². The molecule has 0 aromatic heterocycles. The topological polar surface area (TPSA) is 42.2 Å². The summed E-state index contributed by atoms with van der Waals surface area (Å²) in [7, 11) is 0. The Balaban J connectivity index is 2.26. The highest BCUT2D eigenvalue weighted by Gasteiger charge is 2.12. The number of allylic oxidation sites excluding steroid dienone is 1. The molecular formula is C18H14BrCl2NO2. The second kappa shape index (κ2) is 8.98. The number of nitriles is 1. The molecule has 24 heavy (non-hydrogen) atoms. The fourth-order valence-electron chi connectivity index (χ4n) is 2.01. The summed E-state index contributed by atoms with van der Waals surface area (Å²) in [6, 6.07) is 11.0. The molecule has 2 aromatic rings. The number of ether oxygens (including phenoxy) is 2. The van der Waals surface area contributed by atoms with Gasteiger partial charge in [0.15, 0.2) is 11.5 Å². The summed E-state index contributed by atoms with van der Waals surface area (Å²) >= 11 is 15.4. The van der Waals surface area contributed by atoms with Gasteiger partial charge in [0, 0.05) is 6.08 Å². The number of benzene rings is 2. The molecule has 6 heteroatoms. The first kappa shape index (κ1) is 18.7. The van der Waals surface area contributed by atoms with Gasteiger partial charge in [-0.05, 0) is 64.3 Å². The van der Waals surface area contributed by atoms with Crippen molar-refractivity contribution in [2.45, 2.75) is 13.5 Å². The maximum atomic E-state index is 8.65. The molecule has 0 saturated heterocycles. The Kier molecular flexibility index (Phi) is 6.99. The number of hydrogen-bond acceptors (Lipinski definition) is 3. The third-order valence-corrected chi connectivity index (χ3v) is 4.38. The summed E-state index contributed by atoms with van der Waals surface area (Å²) in [6.07, 6.45) is 3.11. The highest BCUT2D eigenvalue weighted by atomic mass is 79.9. The van der Waals surface area contributed by atoms with Crippen LogP contribution >= 0.6 is 39.1 Å². The minimum atomic E-state index is 0.322. The van der Waals surface area contributed by atoms with Gasteiger partial charge in [0.05, 0.1) is 27.2 Å². The molecule has 0 saturated carbocycles. The van der Waals surface area contributed by atoms with Crippen molar-refractivity contribution in [3.8, 4) is 17.6 Å². The molecule has 0 bridgehead atoms. The fourth-order valence-corrected chi connectivity index (χ4v) is 2.90. The zero-order valence-corrected chi connectivity index (χ0v) is 16.0. The van der Waals surface area contributed by atoms with Gasteiger partial charge in [-0.3, -0.25) is 0 Å². The maximum absolute atomic E-state index is 8.65. The van der Waals surface area contributed by atoms with Crippen LogP contribution in [0.4, 0.5) is 0 Å². The fraction of sp³-hybridized carbons (Fsp3) is 0.167. The first-order valence-electron chi connectivity index (χ1n) is 7.14. The van der Waals surface area contributed by atoms with Crippen LogP contribution in [0.25, 0.3) is 6.08 Å². The summed E-state index contributed by atoms with van der Waals surface area (Å²) < 4.78 is 12.3. The molecule has 0 atom stereocenters. The number of hydrogen-bond donors (Lipinski definition) is 0. The van der Waals surface area contributed by atoms with Crippen LogP contribution in [0, 0.1) is 11.3 Å². The van der Waals surface area contributed by atoms with E-state index in [4.69, 9.17) is 37.9 Å². The van der Waals surface area contributed by atoms with Crippen LogP contribution in [-0.4, -0.2) is 6.61 Å². The zero-order valence-electron chi connectivity index (χ0n) is 12.9. The van der Waals surface area contributed by atoms with Crippen molar-refractivity contribution in [3.63, 3.8) is 0 Å². The van der Waals surface area contributed by atoms with Crippen molar-refractivity contribution >= 4 is 45.2 Å². The normalized spacial score (nSPS) is 10.6. The third kappa shape index (κ3) is 4.91. The van der Waals surface area contributed by atoms with Crippen molar-refractivity contribution in [2.75, 3.05) is 6.61 Å². The van der Waals surface area contributed by atoms with Crippen LogP contribution < -0.4 is 9.47 Å². The number of nitrogens with zero attached hydrogens (tertiary/aromatic N) is 1. The van der Waals surface area contributed by atoms with Crippen molar-refractivity contribution in [1.82, 2.24) is 0 Å². The standard InChI is InChI=1S/C18H14BrCl2NO2/c1-2-23-17-10-12(4-3-7-22)8-14(19)18(17)24-11-13-5-6-15(20)16(21)9-13/h3-6,8-10H,2,11H2,1H3/b4-3+. The largest absolute Gasteiger partial charge is 0.490 e. The average Bonchev–Trinajstić information content (AvgIpc) is 2.55. The van der Waals surface area contributed by atoms with E-state index in [0.29, 0.717) is 34.8 Å². The lowest BCUT2D eigenvalue weighted by atomic mass is 10.2. The predicted molar refractivity (Wildman–Crippen MR) is 101 cm³/mol. The van der Waals surface area contributed by atoms with E-state index in [1.165, 1.54) is 6.08 Å². The van der Waals surface area contributed by atoms with E-state index >= 15 is 0 Å². The smallest absolute Gasteiger partial charge is 0.175 e. The van der Waals surface area contributed by atoms with Gasteiger partial charge in [-0.25, -0.2) is 0 Å². The van der Waals surface area contributed by atoms with Gasteiger partial charge in [0.25, 0.3) is 0 Å². The summed E-state index contributed by atoms with van der Waals surface area (Å²) in [4.78, 5) is 0. The highest BCUT2D eigenvalue weighted by Crippen LogP contribution is 2.38. The summed E-state index contributed by atoms with van der Waals surface area (Å²) in [5, 5.41) is 9.64. The van der Waals surface area contributed by atoms with Crippen molar-refractivity contribution in [1.29, 1.82) is 5.26 Å². The van der Waals surface area contributed by atoms with Crippen LogP contribution in [-0.2, 0) is 6.61 Å². The van der Waals surface area contributed by atoms with E-state index in [-0.39, 0.29) is 0 Å². The second-order valence-electron chi connectivity index (χ2n) is 4.76. The van der Waals surface area contributed by atoms with E-state index in [9.17, 15) is 0 Å². The van der Waals surface area contributed by atoms with Gasteiger partial charge in [0.1, 0.15) is 6.61 Å². The molecule has 0 fully saturated rings. The molecule has 0 aliphatic carbocycles. The Bertz CT molecular complexity index is 800. The molecule has 0 aliphatic rings. The molecule has 0 unspecified atom stereocenters. The van der Waals surface area contributed by atoms with E-state index in [1.807, 2.05) is 31.2 Å². The van der Waals surface area contributed by atoms with E-state index in [1.54, 1.807) is 18.2 Å². The summed E-state index contributed by atoms with van der Waals surface area (Å²) in [6.45, 7) is 2.72. The molecule has 2 aromatic carbocycles. The Morgan fingerprint density at radius 1 is 1.17 bits per heavy atom. The highest BCUT2D eigenvalue weighted by molar-refractivity contribution is 9.10. The van der Waals surface area contributed by atoms with Crippen molar-refractivity contribution in [2.24, 2.45) is 0 Å². The van der Waals surface area contributed by atoms with Crippen molar-refractivity contribution in [3.05, 3.63) is 62.1 Å². The molecule has 0 radical (unpaired) electrons. The number of rotatable bonds is 6. The minimum Gasteiger partial charge on any atom is -0.490 e. The molecule has 0 aliphatic heterocycles. The molecular weight excluding hydrogens is 413 g/mol. The number of halogens is 3. The predicted octanol–water partition coefficient (Wildman–Crippen LogP) is 6.27. The minimum absolute atomic E-state index is 0.322. The lowest BCUT2D eigenvalue weighted by Gasteiger charge is -2.15. The molecule has 2 rings (SSSR count). The Morgan fingerprint density at radius 3 is 2.62 bits per heavy atom. The van der Waals surface area contributed by atoms with E-state index in [2.05, 4.69) is 15.9 Å². The molecule has 0 heterocycles. The summed E-state index contributed by atoms with van der Waals surface area (Å²) in [5.74, 6) is 1.20. The molecule has 0 spiro atoms. The van der Waals surface area contributed by atoms with Crippen LogP contribution in [0.15, 0.2) is 40.9 Å². The van der Waals surface area contributed by atoms with Gasteiger partial charge in [0.2, 0.25) is 0 Å². The molecule has 3 nitrogen and oxygen atoms in total. The molecule has 0 amide bonds. The second-order valence-corrected chi connectivity index (χ2v) is 6.43. The SMILES string of the molecule is CCOc1cc(/C=C/C#N)cc(Br)c1OCc1ccc(Cl)c(Cl)c1. The quantitative estimate of drug-likeness (QED) is 0.511. The van der Waals surface area contributed by atoms with E-state index in [0.717, 1.165) is 15.6 Å². The van der Waals surface area contributed by atoms with Crippen LogP contribution in [0.5, 0.6) is 11.5 Å². The monoisotopic (exact) mass is 425 g/mol. The van der Waals surface area contributed by atoms with E-state index < -0.39 is 0 Å². The van der Waals surface area contributed by atoms with Crippen LogP contribution in [0.2, 0.25) is 10.0 Å². The summed E-state index contributed by atoms with van der Waals surface area (Å²) in [5.41, 5.74) is 1.74. The van der Waals surface area contributed by atoms with Gasteiger partial charge in [-0.15, -0.1) is 0 Å². The first-order chi connectivity index (χ1) is 11.5. The molecule has 0 N–H and O–H groups in total. The third-order valence-electron chi connectivity index (χ3n) is 3.05. The molecule has 124 valence electrons. The Labute approximate surface area is 159 Å². The van der Waals surface area contributed by atoms with Crippen LogP contribution in [0.1, 0.15) is 18.1 Å². The van der Waals surface area contributed by atoms with Gasteiger partial charge >= 0.3 is 0 Å². The lowest BCUT2D eigenvalue weighted by molar-refractivity contribution is 0.267. The van der Waals surface area contributed by atoms with Crippen LogP contribution in [0.3, 0.4) is 0 Å². The lowest BCUT2D eigenvalue weighted by Crippen LogP contribution is -2.01. The zero-order chi connectivity index (χ0) is 17.5. The Morgan fingerprint density at radius 2 is 1.96 bits per heavy atom. The first-order valence-corrected chi connectivity index (χ1v) is 8.69. The maximum Gasteiger partial charge on any atom is 0.175 e. The van der Waals surface area contributed by atoms with Crippen molar-refractivity contribution < 1.29 is 9.47 Å². The Hall–Kier alpha value is -1.67. The van der Waals surface area contributed by atoms with Gasteiger partial charge in [-0.2, -0.15) is 5.26 Å². The average molecular weight is 427 g/mol.